The zero-order chi connectivity index (χ0) is 13.3. The van der Waals surface area contributed by atoms with E-state index in [0.717, 1.165) is 25.7 Å². The van der Waals surface area contributed by atoms with Gasteiger partial charge in [-0.15, -0.1) is 0 Å². The molecule has 0 amide bonds. The summed E-state index contributed by atoms with van der Waals surface area (Å²) in [5.74, 6) is 0.107. The van der Waals surface area contributed by atoms with Crippen LogP contribution in [0.3, 0.4) is 0 Å². The number of rotatable bonds is 8. The van der Waals surface area contributed by atoms with Crippen LogP contribution in [0.1, 0.15) is 66.2 Å². The SMILES string of the molecule is CCC(C)CCC(=O)OC(=O)CC(CC)CC. The first-order valence-electron chi connectivity index (χ1n) is 6.76. The van der Waals surface area contributed by atoms with E-state index in [1.807, 2.05) is 13.8 Å². The van der Waals surface area contributed by atoms with E-state index in [0.29, 0.717) is 24.7 Å². The van der Waals surface area contributed by atoms with E-state index in [2.05, 4.69) is 13.8 Å². The van der Waals surface area contributed by atoms with Gasteiger partial charge < -0.3 is 4.74 Å². The molecule has 0 saturated heterocycles. The molecule has 0 heterocycles. The molecule has 0 aromatic rings. The molecule has 0 N–H and O–H groups in total. The zero-order valence-electron chi connectivity index (χ0n) is 11.6. The average Bonchev–Trinajstić information content (AvgIpc) is 2.32. The van der Waals surface area contributed by atoms with Crippen LogP contribution in [0.2, 0.25) is 0 Å². The van der Waals surface area contributed by atoms with E-state index in [9.17, 15) is 9.59 Å². The van der Waals surface area contributed by atoms with Gasteiger partial charge in [-0.3, -0.25) is 9.59 Å². The van der Waals surface area contributed by atoms with Gasteiger partial charge in [-0.25, -0.2) is 0 Å². The summed E-state index contributed by atoms with van der Waals surface area (Å²) in [7, 11) is 0. The van der Waals surface area contributed by atoms with Crippen molar-refractivity contribution >= 4 is 11.9 Å². The lowest BCUT2D eigenvalue weighted by molar-refractivity contribution is -0.160. The van der Waals surface area contributed by atoms with Gasteiger partial charge in [0.25, 0.3) is 0 Å². The lowest BCUT2D eigenvalue weighted by Gasteiger charge is -2.11. The molecular formula is C14H26O3. The third kappa shape index (κ3) is 7.94. The molecule has 0 radical (unpaired) electrons. The van der Waals surface area contributed by atoms with Gasteiger partial charge in [0, 0.05) is 12.8 Å². The topological polar surface area (TPSA) is 43.4 Å². The van der Waals surface area contributed by atoms with Crippen LogP contribution in [0.5, 0.6) is 0 Å². The molecular weight excluding hydrogens is 216 g/mol. The minimum atomic E-state index is -0.374. The van der Waals surface area contributed by atoms with Gasteiger partial charge >= 0.3 is 11.9 Å². The van der Waals surface area contributed by atoms with Gasteiger partial charge in [0.2, 0.25) is 0 Å². The van der Waals surface area contributed by atoms with Crippen LogP contribution in [0, 0.1) is 11.8 Å². The maximum absolute atomic E-state index is 11.5. The monoisotopic (exact) mass is 242 g/mol. The minimum Gasteiger partial charge on any atom is -0.393 e. The Morgan fingerprint density at radius 3 is 2.06 bits per heavy atom. The van der Waals surface area contributed by atoms with Gasteiger partial charge in [0.1, 0.15) is 0 Å². The molecule has 3 heteroatoms. The van der Waals surface area contributed by atoms with Crippen molar-refractivity contribution in [2.45, 2.75) is 66.2 Å². The molecule has 0 aromatic heterocycles. The molecule has 0 aromatic carbocycles. The predicted octanol–water partition coefficient (Wildman–Crippen LogP) is 3.71. The molecule has 17 heavy (non-hydrogen) atoms. The highest BCUT2D eigenvalue weighted by molar-refractivity contribution is 5.85. The van der Waals surface area contributed by atoms with Crippen molar-refractivity contribution in [3.05, 3.63) is 0 Å². The summed E-state index contributed by atoms with van der Waals surface area (Å²) >= 11 is 0. The van der Waals surface area contributed by atoms with Gasteiger partial charge in [0.05, 0.1) is 0 Å². The second-order valence-electron chi connectivity index (χ2n) is 4.78. The summed E-state index contributed by atoms with van der Waals surface area (Å²) in [5, 5.41) is 0. The summed E-state index contributed by atoms with van der Waals surface area (Å²) in [5.41, 5.74) is 0. The van der Waals surface area contributed by atoms with Crippen molar-refractivity contribution in [3.8, 4) is 0 Å². The first-order valence-corrected chi connectivity index (χ1v) is 6.76. The minimum absolute atomic E-state index is 0.338. The number of carbonyl (C=O) groups excluding carboxylic acids is 2. The maximum atomic E-state index is 11.5. The fourth-order valence-corrected chi connectivity index (χ4v) is 1.60. The number of hydrogen-bond acceptors (Lipinski definition) is 3. The van der Waals surface area contributed by atoms with E-state index in [1.165, 1.54) is 0 Å². The molecule has 0 spiro atoms. The summed E-state index contributed by atoms with van der Waals surface area (Å²) in [6.07, 6.45) is 4.47. The van der Waals surface area contributed by atoms with E-state index in [4.69, 9.17) is 4.74 Å². The number of carbonyl (C=O) groups is 2. The second-order valence-corrected chi connectivity index (χ2v) is 4.78. The van der Waals surface area contributed by atoms with Gasteiger partial charge in [-0.1, -0.05) is 47.0 Å². The normalized spacial score (nSPS) is 12.5. The van der Waals surface area contributed by atoms with Crippen molar-refractivity contribution in [2.24, 2.45) is 11.8 Å². The van der Waals surface area contributed by atoms with Gasteiger partial charge in [0.15, 0.2) is 0 Å². The molecule has 0 saturated carbocycles. The average molecular weight is 242 g/mol. The van der Waals surface area contributed by atoms with Crippen molar-refractivity contribution in [3.63, 3.8) is 0 Å². The standard InChI is InChI=1S/C14H26O3/c1-5-11(4)8-9-13(15)17-14(16)10-12(6-2)7-3/h11-12H,5-10H2,1-4H3. The molecule has 1 atom stereocenters. The first-order chi connectivity index (χ1) is 8.03. The Morgan fingerprint density at radius 1 is 1.00 bits per heavy atom. The molecule has 0 rings (SSSR count). The van der Waals surface area contributed by atoms with Crippen LogP contribution in [0.15, 0.2) is 0 Å². The second kappa shape index (κ2) is 9.20. The first kappa shape index (κ1) is 16.1. The van der Waals surface area contributed by atoms with Gasteiger partial charge in [-0.05, 0) is 18.3 Å². The van der Waals surface area contributed by atoms with Crippen molar-refractivity contribution in [1.29, 1.82) is 0 Å². The van der Waals surface area contributed by atoms with E-state index < -0.39 is 0 Å². The molecule has 0 aliphatic heterocycles. The Hall–Kier alpha value is -0.860. The Balaban J connectivity index is 3.83. The summed E-state index contributed by atoms with van der Waals surface area (Å²) < 4.78 is 4.80. The van der Waals surface area contributed by atoms with E-state index in [1.54, 1.807) is 0 Å². The Bertz CT molecular complexity index is 232. The van der Waals surface area contributed by atoms with E-state index in [-0.39, 0.29) is 11.9 Å². The van der Waals surface area contributed by atoms with Crippen LogP contribution in [-0.2, 0) is 14.3 Å². The highest BCUT2D eigenvalue weighted by Crippen LogP contribution is 2.14. The number of esters is 2. The van der Waals surface area contributed by atoms with Crippen molar-refractivity contribution < 1.29 is 14.3 Å². The third-order valence-electron chi connectivity index (χ3n) is 3.38. The molecule has 100 valence electrons. The maximum Gasteiger partial charge on any atom is 0.313 e. The van der Waals surface area contributed by atoms with Crippen LogP contribution in [-0.4, -0.2) is 11.9 Å². The van der Waals surface area contributed by atoms with Gasteiger partial charge in [-0.2, -0.15) is 0 Å². The van der Waals surface area contributed by atoms with Crippen LogP contribution in [0.25, 0.3) is 0 Å². The number of hydrogen-bond donors (Lipinski definition) is 0. The Morgan fingerprint density at radius 2 is 1.59 bits per heavy atom. The zero-order valence-corrected chi connectivity index (χ0v) is 11.6. The summed E-state index contributed by atoms with van der Waals surface area (Å²) in [6, 6.07) is 0. The molecule has 0 bridgehead atoms. The third-order valence-corrected chi connectivity index (χ3v) is 3.38. The molecule has 3 nitrogen and oxygen atoms in total. The molecule has 0 fully saturated rings. The highest BCUT2D eigenvalue weighted by atomic mass is 16.6. The lowest BCUT2D eigenvalue weighted by atomic mass is 10.00. The quantitative estimate of drug-likeness (QED) is 0.481. The van der Waals surface area contributed by atoms with Crippen LogP contribution < -0.4 is 0 Å². The largest absolute Gasteiger partial charge is 0.393 e. The molecule has 1 unspecified atom stereocenters. The summed E-state index contributed by atoms with van der Waals surface area (Å²) in [4.78, 5) is 22.8. The predicted molar refractivity (Wildman–Crippen MR) is 68.5 cm³/mol. The molecule has 0 aliphatic carbocycles. The lowest BCUT2D eigenvalue weighted by Crippen LogP contribution is -2.16. The summed E-state index contributed by atoms with van der Waals surface area (Å²) in [6.45, 7) is 8.28. The Labute approximate surface area is 105 Å². The fourth-order valence-electron chi connectivity index (χ4n) is 1.60. The fraction of sp³-hybridized carbons (Fsp3) is 0.857. The van der Waals surface area contributed by atoms with Crippen molar-refractivity contribution in [2.75, 3.05) is 0 Å². The molecule has 0 aliphatic rings. The number of ether oxygens (including phenoxy) is 1. The van der Waals surface area contributed by atoms with Crippen LogP contribution in [0.4, 0.5) is 0 Å². The van der Waals surface area contributed by atoms with E-state index >= 15 is 0 Å². The van der Waals surface area contributed by atoms with Crippen LogP contribution >= 0.6 is 0 Å². The highest BCUT2D eigenvalue weighted by Gasteiger charge is 2.15. The van der Waals surface area contributed by atoms with Crippen molar-refractivity contribution in [1.82, 2.24) is 0 Å². The smallest absolute Gasteiger partial charge is 0.313 e. The Kier molecular flexibility index (Phi) is 8.73.